The SMILES string of the molecule is CCc1cc(C(=O)NCc2cc(C(=O)OC)c(C)o2)n[nH]1. The van der Waals surface area contributed by atoms with E-state index in [9.17, 15) is 9.59 Å². The number of hydrogen-bond donors (Lipinski definition) is 2. The van der Waals surface area contributed by atoms with Crippen molar-refractivity contribution in [1.29, 1.82) is 0 Å². The second kappa shape index (κ2) is 6.25. The van der Waals surface area contributed by atoms with Crippen molar-refractivity contribution in [2.24, 2.45) is 0 Å². The number of esters is 1. The molecule has 0 saturated carbocycles. The molecular weight excluding hydrogens is 274 g/mol. The lowest BCUT2D eigenvalue weighted by molar-refractivity contribution is 0.0598. The van der Waals surface area contributed by atoms with Gasteiger partial charge in [0.05, 0.1) is 13.7 Å². The first-order valence-electron chi connectivity index (χ1n) is 6.55. The molecule has 0 aliphatic heterocycles. The van der Waals surface area contributed by atoms with Crippen molar-refractivity contribution in [1.82, 2.24) is 15.5 Å². The zero-order valence-corrected chi connectivity index (χ0v) is 12.1. The van der Waals surface area contributed by atoms with Gasteiger partial charge in [0.1, 0.15) is 22.8 Å². The maximum atomic E-state index is 11.9. The molecule has 2 heterocycles. The van der Waals surface area contributed by atoms with Gasteiger partial charge in [-0.3, -0.25) is 9.89 Å². The first kappa shape index (κ1) is 14.8. The van der Waals surface area contributed by atoms with Crippen molar-refractivity contribution in [3.8, 4) is 0 Å². The number of aryl methyl sites for hydroxylation is 2. The molecule has 2 N–H and O–H groups in total. The van der Waals surface area contributed by atoms with Gasteiger partial charge in [0.25, 0.3) is 5.91 Å². The number of carbonyl (C=O) groups excluding carboxylic acids is 2. The van der Waals surface area contributed by atoms with E-state index >= 15 is 0 Å². The second-order valence-corrected chi connectivity index (χ2v) is 4.49. The number of nitrogens with zero attached hydrogens (tertiary/aromatic N) is 1. The summed E-state index contributed by atoms with van der Waals surface area (Å²) in [7, 11) is 1.30. The average molecular weight is 291 g/mol. The van der Waals surface area contributed by atoms with Crippen LogP contribution < -0.4 is 5.32 Å². The minimum Gasteiger partial charge on any atom is -0.465 e. The molecule has 2 rings (SSSR count). The van der Waals surface area contributed by atoms with Gasteiger partial charge < -0.3 is 14.5 Å². The lowest BCUT2D eigenvalue weighted by Gasteiger charge is -1.99. The Bertz CT molecular complexity index is 657. The van der Waals surface area contributed by atoms with E-state index in [0.717, 1.165) is 12.1 Å². The van der Waals surface area contributed by atoms with Crippen molar-refractivity contribution in [3.05, 3.63) is 40.6 Å². The Kier molecular flexibility index (Phi) is 4.42. The van der Waals surface area contributed by atoms with Gasteiger partial charge in [0, 0.05) is 5.69 Å². The standard InChI is InChI=1S/C14H17N3O4/c1-4-9-5-12(17-16-9)13(18)15-7-10-6-11(8(2)21-10)14(19)20-3/h5-6H,4,7H2,1-3H3,(H,15,18)(H,16,17). The summed E-state index contributed by atoms with van der Waals surface area (Å²) in [6.07, 6.45) is 0.778. The third-order valence-electron chi connectivity index (χ3n) is 3.04. The number of ether oxygens (including phenoxy) is 1. The fourth-order valence-electron chi connectivity index (χ4n) is 1.86. The number of aromatic amines is 1. The Hall–Kier alpha value is -2.57. The third kappa shape index (κ3) is 3.31. The Balaban J connectivity index is 1.99. The first-order chi connectivity index (χ1) is 10.0. The topological polar surface area (TPSA) is 97.2 Å². The van der Waals surface area contributed by atoms with Crippen LogP contribution in [0.25, 0.3) is 0 Å². The summed E-state index contributed by atoms with van der Waals surface area (Å²) in [6.45, 7) is 3.80. The molecule has 1 amide bonds. The Labute approximate surface area is 121 Å². The van der Waals surface area contributed by atoms with Gasteiger partial charge in [0.2, 0.25) is 0 Å². The van der Waals surface area contributed by atoms with Crippen molar-refractivity contribution >= 4 is 11.9 Å². The van der Waals surface area contributed by atoms with E-state index in [-0.39, 0.29) is 12.5 Å². The van der Waals surface area contributed by atoms with Gasteiger partial charge in [-0.1, -0.05) is 6.92 Å². The fourth-order valence-corrected chi connectivity index (χ4v) is 1.86. The molecule has 0 fully saturated rings. The molecule has 112 valence electrons. The van der Waals surface area contributed by atoms with E-state index < -0.39 is 5.97 Å². The monoisotopic (exact) mass is 291 g/mol. The minimum atomic E-state index is -0.464. The summed E-state index contributed by atoms with van der Waals surface area (Å²) in [6, 6.07) is 3.26. The number of nitrogens with one attached hydrogen (secondary N) is 2. The number of methoxy groups -OCH3 is 1. The zero-order chi connectivity index (χ0) is 15.4. The van der Waals surface area contributed by atoms with Gasteiger partial charge in [0.15, 0.2) is 0 Å². The van der Waals surface area contributed by atoms with Crippen LogP contribution in [0.3, 0.4) is 0 Å². The molecule has 0 aliphatic carbocycles. The number of aromatic nitrogens is 2. The van der Waals surface area contributed by atoms with Crippen molar-refractivity contribution in [3.63, 3.8) is 0 Å². The predicted molar refractivity (Wildman–Crippen MR) is 73.9 cm³/mol. The van der Waals surface area contributed by atoms with E-state index in [1.165, 1.54) is 7.11 Å². The summed E-state index contributed by atoms with van der Waals surface area (Å²) in [5, 5.41) is 9.38. The molecule has 7 nitrogen and oxygen atoms in total. The normalized spacial score (nSPS) is 10.4. The Morgan fingerprint density at radius 2 is 2.19 bits per heavy atom. The van der Waals surface area contributed by atoms with Crippen LogP contribution in [0, 0.1) is 6.92 Å². The number of H-pyrrole nitrogens is 1. The van der Waals surface area contributed by atoms with Crippen LogP contribution in [0.2, 0.25) is 0 Å². The molecule has 21 heavy (non-hydrogen) atoms. The van der Waals surface area contributed by atoms with Gasteiger partial charge in [-0.2, -0.15) is 5.10 Å². The maximum Gasteiger partial charge on any atom is 0.341 e. The summed E-state index contributed by atoms with van der Waals surface area (Å²) >= 11 is 0. The lowest BCUT2D eigenvalue weighted by Crippen LogP contribution is -2.22. The molecule has 2 aromatic heterocycles. The van der Waals surface area contributed by atoms with Gasteiger partial charge in [-0.05, 0) is 25.5 Å². The summed E-state index contributed by atoms with van der Waals surface area (Å²) in [5.41, 5.74) is 1.57. The molecule has 0 atom stereocenters. The lowest BCUT2D eigenvalue weighted by atomic mass is 10.2. The number of hydrogen-bond acceptors (Lipinski definition) is 5. The van der Waals surface area contributed by atoms with E-state index in [1.807, 2.05) is 6.92 Å². The van der Waals surface area contributed by atoms with Gasteiger partial charge in [-0.15, -0.1) is 0 Å². The molecule has 0 radical (unpaired) electrons. The minimum absolute atomic E-state index is 0.172. The zero-order valence-electron chi connectivity index (χ0n) is 12.1. The summed E-state index contributed by atoms with van der Waals surface area (Å²) < 4.78 is 10.0. The van der Waals surface area contributed by atoms with Crippen molar-refractivity contribution in [2.45, 2.75) is 26.8 Å². The summed E-state index contributed by atoms with van der Waals surface area (Å²) in [5.74, 6) is 0.167. The smallest absolute Gasteiger partial charge is 0.341 e. The first-order valence-corrected chi connectivity index (χ1v) is 6.55. The van der Waals surface area contributed by atoms with Crippen LogP contribution in [0.15, 0.2) is 16.5 Å². The number of rotatable bonds is 5. The highest BCUT2D eigenvalue weighted by molar-refractivity contribution is 5.92. The van der Waals surface area contributed by atoms with Crippen LogP contribution in [0.4, 0.5) is 0 Å². The van der Waals surface area contributed by atoms with Crippen LogP contribution in [0.5, 0.6) is 0 Å². The van der Waals surface area contributed by atoms with E-state index in [0.29, 0.717) is 22.8 Å². The molecule has 0 saturated heterocycles. The molecule has 2 aromatic rings. The van der Waals surface area contributed by atoms with E-state index in [4.69, 9.17) is 4.42 Å². The average Bonchev–Trinajstić information content (AvgIpc) is 3.10. The van der Waals surface area contributed by atoms with Crippen molar-refractivity contribution < 1.29 is 18.7 Å². The highest BCUT2D eigenvalue weighted by Crippen LogP contribution is 2.15. The van der Waals surface area contributed by atoms with Gasteiger partial charge in [-0.25, -0.2) is 4.79 Å². The molecule has 0 aliphatic rings. The van der Waals surface area contributed by atoms with Gasteiger partial charge >= 0.3 is 5.97 Å². The maximum absolute atomic E-state index is 11.9. The highest BCUT2D eigenvalue weighted by Gasteiger charge is 2.16. The molecule has 7 heteroatoms. The number of carbonyl (C=O) groups is 2. The van der Waals surface area contributed by atoms with Crippen molar-refractivity contribution in [2.75, 3.05) is 7.11 Å². The van der Waals surface area contributed by atoms with Crippen LogP contribution in [0.1, 0.15) is 45.0 Å². The second-order valence-electron chi connectivity index (χ2n) is 4.49. The molecule has 0 aromatic carbocycles. The van der Waals surface area contributed by atoms with E-state index in [1.54, 1.807) is 19.1 Å². The molecule has 0 bridgehead atoms. The summed E-state index contributed by atoms with van der Waals surface area (Å²) in [4.78, 5) is 23.4. The number of amides is 1. The molecule has 0 unspecified atom stereocenters. The molecule has 0 spiro atoms. The highest BCUT2D eigenvalue weighted by atomic mass is 16.5. The Morgan fingerprint density at radius 3 is 2.81 bits per heavy atom. The van der Waals surface area contributed by atoms with Crippen LogP contribution >= 0.6 is 0 Å². The quantitative estimate of drug-likeness (QED) is 0.815. The number of furan rings is 1. The third-order valence-corrected chi connectivity index (χ3v) is 3.04. The Morgan fingerprint density at radius 1 is 1.43 bits per heavy atom. The van der Waals surface area contributed by atoms with Crippen LogP contribution in [-0.4, -0.2) is 29.2 Å². The fraction of sp³-hybridized carbons (Fsp3) is 0.357. The van der Waals surface area contributed by atoms with Crippen LogP contribution in [-0.2, 0) is 17.7 Å². The molecular formula is C14H17N3O4. The predicted octanol–water partition coefficient (Wildman–Crippen LogP) is 1.59. The largest absolute Gasteiger partial charge is 0.465 e. The van der Waals surface area contributed by atoms with E-state index in [2.05, 4.69) is 20.3 Å².